The Morgan fingerprint density at radius 1 is 1.08 bits per heavy atom. The highest BCUT2D eigenvalue weighted by Crippen LogP contribution is 2.25. The second-order valence-corrected chi connectivity index (χ2v) is 6.43. The molecular formula is C19H23NO3S. The van der Waals surface area contributed by atoms with Gasteiger partial charge in [-0.25, -0.2) is 0 Å². The number of ether oxygens (including phenoxy) is 2. The lowest BCUT2D eigenvalue weighted by Gasteiger charge is -2.10. The Morgan fingerprint density at radius 2 is 1.79 bits per heavy atom. The molecule has 128 valence electrons. The molecule has 0 atom stereocenters. The summed E-state index contributed by atoms with van der Waals surface area (Å²) >= 11 is 1.80. The molecule has 2 rings (SSSR count). The molecule has 0 saturated heterocycles. The van der Waals surface area contributed by atoms with Gasteiger partial charge in [0.15, 0.2) is 18.1 Å². The number of benzene rings is 2. The van der Waals surface area contributed by atoms with E-state index in [-0.39, 0.29) is 12.5 Å². The standard InChI is InChI=1S/C19H23NO3S/c1-15-7-9-16(10-8-15)14-24-12-11-20-19(21)13-23-18-6-4-3-5-17(18)22-2/h3-10H,11-14H2,1-2H3,(H,20,21). The molecule has 0 aliphatic heterocycles. The van der Waals surface area contributed by atoms with Gasteiger partial charge in [-0.3, -0.25) is 4.79 Å². The number of para-hydroxylation sites is 2. The third kappa shape index (κ3) is 6.16. The second-order valence-electron chi connectivity index (χ2n) is 5.33. The van der Waals surface area contributed by atoms with Crippen LogP contribution in [0.1, 0.15) is 11.1 Å². The van der Waals surface area contributed by atoms with Gasteiger partial charge in [0.25, 0.3) is 5.91 Å². The summed E-state index contributed by atoms with van der Waals surface area (Å²) < 4.78 is 10.7. The van der Waals surface area contributed by atoms with Crippen molar-refractivity contribution in [1.82, 2.24) is 5.32 Å². The van der Waals surface area contributed by atoms with E-state index < -0.39 is 0 Å². The van der Waals surface area contributed by atoms with Crippen LogP contribution >= 0.6 is 11.8 Å². The van der Waals surface area contributed by atoms with Crippen molar-refractivity contribution in [2.24, 2.45) is 0 Å². The van der Waals surface area contributed by atoms with Crippen molar-refractivity contribution in [1.29, 1.82) is 0 Å². The smallest absolute Gasteiger partial charge is 0.257 e. The molecule has 2 aromatic carbocycles. The average molecular weight is 345 g/mol. The van der Waals surface area contributed by atoms with Crippen LogP contribution in [-0.4, -0.2) is 31.9 Å². The Balaban J connectivity index is 1.60. The number of nitrogens with one attached hydrogen (secondary N) is 1. The minimum absolute atomic E-state index is 0.0109. The van der Waals surface area contributed by atoms with Crippen molar-refractivity contribution in [2.75, 3.05) is 26.0 Å². The zero-order valence-corrected chi connectivity index (χ0v) is 14.9. The Morgan fingerprint density at radius 3 is 2.50 bits per heavy atom. The van der Waals surface area contributed by atoms with Gasteiger partial charge in [-0.05, 0) is 24.6 Å². The van der Waals surface area contributed by atoms with Crippen molar-refractivity contribution < 1.29 is 14.3 Å². The molecule has 0 fully saturated rings. The first-order chi connectivity index (χ1) is 11.7. The van der Waals surface area contributed by atoms with Gasteiger partial charge in [0.05, 0.1) is 7.11 Å². The first-order valence-electron chi connectivity index (χ1n) is 7.85. The van der Waals surface area contributed by atoms with Gasteiger partial charge in [0, 0.05) is 18.1 Å². The Kier molecular flexibility index (Phi) is 7.49. The van der Waals surface area contributed by atoms with Crippen molar-refractivity contribution >= 4 is 17.7 Å². The normalized spacial score (nSPS) is 10.2. The molecule has 5 heteroatoms. The fraction of sp³-hybridized carbons (Fsp3) is 0.316. The second kappa shape index (κ2) is 9.88. The summed E-state index contributed by atoms with van der Waals surface area (Å²) in [6.07, 6.45) is 0. The molecule has 0 aliphatic rings. The van der Waals surface area contributed by atoms with Gasteiger partial charge in [-0.15, -0.1) is 0 Å². The molecular weight excluding hydrogens is 322 g/mol. The third-order valence-corrected chi connectivity index (χ3v) is 4.42. The summed E-state index contributed by atoms with van der Waals surface area (Å²) in [4.78, 5) is 11.8. The van der Waals surface area contributed by atoms with E-state index in [0.29, 0.717) is 18.0 Å². The Bertz CT molecular complexity index is 643. The summed E-state index contributed by atoms with van der Waals surface area (Å²) in [6, 6.07) is 15.8. The zero-order chi connectivity index (χ0) is 17.2. The molecule has 0 spiro atoms. The molecule has 4 nitrogen and oxygen atoms in total. The maximum atomic E-state index is 11.8. The first kappa shape index (κ1) is 18.2. The summed E-state index contributed by atoms with van der Waals surface area (Å²) in [7, 11) is 1.58. The van der Waals surface area contributed by atoms with E-state index in [9.17, 15) is 4.79 Å². The molecule has 1 N–H and O–H groups in total. The number of hydrogen-bond acceptors (Lipinski definition) is 4. The van der Waals surface area contributed by atoms with E-state index in [1.807, 2.05) is 12.1 Å². The number of methoxy groups -OCH3 is 1. The molecule has 24 heavy (non-hydrogen) atoms. The van der Waals surface area contributed by atoms with E-state index in [2.05, 4.69) is 36.5 Å². The summed E-state index contributed by atoms with van der Waals surface area (Å²) in [6.45, 7) is 2.70. The summed E-state index contributed by atoms with van der Waals surface area (Å²) in [5.74, 6) is 2.89. The van der Waals surface area contributed by atoms with Crippen LogP contribution in [0.5, 0.6) is 11.5 Å². The van der Waals surface area contributed by atoms with Crippen molar-refractivity contribution in [2.45, 2.75) is 12.7 Å². The quantitative estimate of drug-likeness (QED) is 0.707. The van der Waals surface area contributed by atoms with Crippen molar-refractivity contribution in [3.8, 4) is 11.5 Å². The van der Waals surface area contributed by atoms with E-state index in [4.69, 9.17) is 9.47 Å². The van der Waals surface area contributed by atoms with Crippen LogP contribution in [0.3, 0.4) is 0 Å². The molecule has 0 aromatic heterocycles. The lowest BCUT2D eigenvalue weighted by Crippen LogP contribution is -2.30. The molecule has 0 heterocycles. The van der Waals surface area contributed by atoms with Crippen LogP contribution in [0, 0.1) is 6.92 Å². The number of thioether (sulfide) groups is 1. The zero-order valence-electron chi connectivity index (χ0n) is 14.1. The van der Waals surface area contributed by atoms with E-state index in [1.54, 1.807) is 31.0 Å². The number of hydrogen-bond donors (Lipinski definition) is 1. The Hall–Kier alpha value is -2.14. The monoisotopic (exact) mass is 345 g/mol. The average Bonchev–Trinajstić information content (AvgIpc) is 2.61. The van der Waals surface area contributed by atoms with Gasteiger partial charge in [0.2, 0.25) is 0 Å². The van der Waals surface area contributed by atoms with Gasteiger partial charge in [-0.1, -0.05) is 42.0 Å². The highest BCUT2D eigenvalue weighted by molar-refractivity contribution is 7.98. The molecule has 0 bridgehead atoms. The molecule has 2 aromatic rings. The van der Waals surface area contributed by atoms with Crippen LogP contribution in [-0.2, 0) is 10.5 Å². The number of carbonyl (C=O) groups is 1. The SMILES string of the molecule is COc1ccccc1OCC(=O)NCCSCc1ccc(C)cc1. The fourth-order valence-corrected chi connectivity index (χ4v) is 2.89. The van der Waals surface area contributed by atoms with Crippen molar-refractivity contribution in [3.63, 3.8) is 0 Å². The summed E-state index contributed by atoms with van der Waals surface area (Å²) in [5.41, 5.74) is 2.57. The number of amides is 1. The van der Waals surface area contributed by atoms with Crippen LogP contribution in [0.2, 0.25) is 0 Å². The number of rotatable bonds is 9. The van der Waals surface area contributed by atoms with Gasteiger partial charge in [-0.2, -0.15) is 11.8 Å². The maximum Gasteiger partial charge on any atom is 0.257 e. The molecule has 1 amide bonds. The lowest BCUT2D eigenvalue weighted by molar-refractivity contribution is -0.122. The van der Waals surface area contributed by atoms with E-state index in [0.717, 1.165) is 11.5 Å². The topological polar surface area (TPSA) is 47.6 Å². The fourth-order valence-electron chi connectivity index (χ4n) is 2.07. The predicted molar refractivity (Wildman–Crippen MR) is 98.8 cm³/mol. The number of aryl methyl sites for hydroxylation is 1. The van der Waals surface area contributed by atoms with Gasteiger partial charge >= 0.3 is 0 Å². The van der Waals surface area contributed by atoms with Crippen LogP contribution in [0.4, 0.5) is 0 Å². The molecule has 0 unspecified atom stereocenters. The highest BCUT2D eigenvalue weighted by Gasteiger charge is 2.06. The Labute approximate surface area is 147 Å². The van der Waals surface area contributed by atoms with Crippen molar-refractivity contribution in [3.05, 3.63) is 59.7 Å². The predicted octanol–water partition coefficient (Wildman–Crippen LogP) is 3.43. The maximum absolute atomic E-state index is 11.8. The van der Waals surface area contributed by atoms with E-state index in [1.165, 1.54) is 11.1 Å². The van der Waals surface area contributed by atoms with Gasteiger partial charge < -0.3 is 14.8 Å². The van der Waals surface area contributed by atoms with E-state index >= 15 is 0 Å². The third-order valence-electron chi connectivity index (χ3n) is 3.39. The highest BCUT2D eigenvalue weighted by atomic mass is 32.2. The van der Waals surface area contributed by atoms with Crippen LogP contribution in [0.15, 0.2) is 48.5 Å². The van der Waals surface area contributed by atoms with Crippen LogP contribution < -0.4 is 14.8 Å². The number of carbonyl (C=O) groups excluding carboxylic acids is 1. The largest absolute Gasteiger partial charge is 0.493 e. The molecule has 0 saturated carbocycles. The first-order valence-corrected chi connectivity index (χ1v) is 9.00. The lowest BCUT2D eigenvalue weighted by atomic mass is 10.2. The molecule has 0 radical (unpaired) electrons. The summed E-state index contributed by atoms with van der Waals surface area (Å²) in [5, 5.41) is 2.86. The minimum atomic E-state index is -0.128. The minimum Gasteiger partial charge on any atom is -0.493 e. The van der Waals surface area contributed by atoms with Gasteiger partial charge in [0.1, 0.15) is 0 Å². The molecule has 0 aliphatic carbocycles. The van der Waals surface area contributed by atoms with Crippen LogP contribution in [0.25, 0.3) is 0 Å².